The largest absolute Gasteiger partial charge is 0.381 e. The normalized spacial score (nSPS) is 15.9. The predicted molar refractivity (Wildman–Crippen MR) is 127 cm³/mol. The van der Waals surface area contributed by atoms with Gasteiger partial charge in [0, 0.05) is 36.4 Å². The van der Waals surface area contributed by atoms with Crippen LogP contribution >= 0.6 is 0 Å². The molecule has 3 aromatic carbocycles. The number of aromatic nitrogens is 1. The van der Waals surface area contributed by atoms with Gasteiger partial charge in [0.1, 0.15) is 0 Å². The van der Waals surface area contributed by atoms with E-state index in [9.17, 15) is 4.79 Å². The first-order valence-corrected chi connectivity index (χ1v) is 10.7. The average Bonchev–Trinajstić information content (AvgIpc) is 3.20. The zero-order valence-corrected chi connectivity index (χ0v) is 17.6. The maximum absolute atomic E-state index is 13.5. The summed E-state index contributed by atoms with van der Waals surface area (Å²) in [6.07, 6.45) is 2.83. The molecule has 4 aromatic rings. The molecule has 0 saturated heterocycles. The van der Waals surface area contributed by atoms with Gasteiger partial charge in [-0.15, -0.1) is 0 Å². The van der Waals surface area contributed by atoms with Gasteiger partial charge in [0.15, 0.2) is 0 Å². The SMILES string of the molecule is CC1CCN(C(=O)c2ccc(-c3ccc4[nH]ccc4c3)c(CN)c2)c2ccccc2N1. The number of para-hydroxylation sites is 2. The van der Waals surface area contributed by atoms with Crippen LogP contribution in [0.1, 0.15) is 29.3 Å². The van der Waals surface area contributed by atoms with Gasteiger partial charge in [0.05, 0.1) is 11.4 Å². The summed E-state index contributed by atoms with van der Waals surface area (Å²) >= 11 is 0. The molecule has 1 aliphatic rings. The van der Waals surface area contributed by atoms with Crippen molar-refractivity contribution in [3.8, 4) is 11.1 Å². The van der Waals surface area contributed by atoms with E-state index in [2.05, 4.69) is 41.5 Å². The van der Waals surface area contributed by atoms with Crippen molar-refractivity contribution in [1.29, 1.82) is 0 Å². The number of aromatic amines is 1. The fourth-order valence-electron chi connectivity index (χ4n) is 4.38. The molecule has 0 spiro atoms. The van der Waals surface area contributed by atoms with Gasteiger partial charge in [-0.05, 0) is 77.9 Å². The van der Waals surface area contributed by atoms with Crippen LogP contribution in [0.25, 0.3) is 22.0 Å². The van der Waals surface area contributed by atoms with Gasteiger partial charge >= 0.3 is 0 Å². The highest BCUT2D eigenvalue weighted by Crippen LogP contribution is 2.32. The number of carbonyl (C=O) groups is 1. The second-order valence-corrected chi connectivity index (χ2v) is 8.16. The number of nitrogens with zero attached hydrogens (tertiary/aromatic N) is 1. The summed E-state index contributed by atoms with van der Waals surface area (Å²) in [7, 11) is 0. The number of hydrogen-bond acceptors (Lipinski definition) is 3. The number of benzene rings is 3. The van der Waals surface area contributed by atoms with Crippen LogP contribution in [-0.2, 0) is 6.54 Å². The number of carbonyl (C=O) groups excluding carboxylic acids is 1. The molecular weight excluding hydrogens is 384 g/mol. The first-order valence-electron chi connectivity index (χ1n) is 10.7. The lowest BCUT2D eigenvalue weighted by Crippen LogP contribution is -2.32. The molecule has 0 aliphatic carbocycles. The Morgan fingerprint density at radius 3 is 2.84 bits per heavy atom. The molecule has 5 heteroatoms. The summed E-state index contributed by atoms with van der Waals surface area (Å²) in [5.74, 6) is 0.00527. The molecule has 2 heterocycles. The zero-order chi connectivity index (χ0) is 21.4. The quantitative estimate of drug-likeness (QED) is 0.438. The first kappa shape index (κ1) is 19.4. The van der Waals surface area contributed by atoms with Crippen LogP contribution in [0.2, 0.25) is 0 Å². The Bertz CT molecular complexity index is 1260. The van der Waals surface area contributed by atoms with Crippen molar-refractivity contribution in [2.45, 2.75) is 25.9 Å². The van der Waals surface area contributed by atoms with E-state index in [1.54, 1.807) is 0 Å². The Labute approximate surface area is 181 Å². The third kappa shape index (κ3) is 3.57. The second-order valence-electron chi connectivity index (χ2n) is 8.16. The smallest absolute Gasteiger partial charge is 0.258 e. The summed E-state index contributed by atoms with van der Waals surface area (Å²) in [5.41, 5.74) is 12.9. The molecule has 1 aromatic heterocycles. The number of fused-ring (bicyclic) bond motifs is 2. The molecule has 1 atom stereocenters. The number of amides is 1. The van der Waals surface area contributed by atoms with Gasteiger partial charge in [-0.2, -0.15) is 0 Å². The van der Waals surface area contributed by atoms with E-state index in [-0.39, 0.29) is 5.91 Å². The van der Waals surface area contributed by atoms with Crippen molar-refractivity contribution >= 4 is 28.2 Å². The number of hydrogen-bond donors (Lipinski definition) is 3. The molecule has 5 nitrogen and oxygen atoms in total. The second kappa shape index (κ2) is 7.93. The van der Waals surface area contributed by atoms with Gasteiger partial charge in [-0.25, -0.2) is 0 Å². The van der Waals surface area contributed by atoms with Crippen molar-refractivity contribution in [1.82, 2.24) is 4.98 Å². The molecule has 0 fully saturated rings. The Hall–Kier alpha value is -3.57. The fourth-order valence-corrected chi connectivity index (χ4v) is 4.38. The molecule has 1 unspecified atom stereocenters. The maximum atomic E-state index is 13.5. The van der Waals surface area contributed by atoms with Crippen LogP contribution < -0.4 is 16.0 Å². The highest BCUT2D eigenvalue weighted by atomic mass is 16.2. The molecule has 5 rings (SSSR count). The minimum Gasteiger partial charge on any atom is -0.381 e. The molecular formula is C26H26N4O. The summed E-state index contributed by atoms with van der Waals surface area (Å²) in [6, 6.07) is 22.6. The number of rotatable bonds is 3. The lowest BCUT2D eigenvalue weighted by atomic mass is 9.96. The Kier molecular flexibility index (Phi) is 4.96. The van der Waals surface area contributed by atoms with Gasteiger partial charge in [-0.3, -0.25) is 4.79 Å². The van der Waals surface area contributed by atoms with Crippen LogP contribution in [0.4, 0.5) is 11.4 Å². The number of nitrogens with two attached hydrogens (primary N) is 1. The Morgan fingerprint density at radius 2 is 1.97 bits per heavy atom. The van der Waals surface area contributed by atoms with Crippen molar-refractivity contribution in [3.63, 3.8) is 0 Å². The van der Waals surface area contributed by atoms with Crippen LogP contribution in [0.15, 0.2) is 72.9 Å². The number of H-pyrrole nitrogens is 1. The van der Waals surface area contributed by atoms with Crippen LogP contribution in [0.5, 0.6) is 0 Å². The molecule has 1 amide bonds. The molecule has 0 saturated carbocycles. The summed E-state index contributed by atoms with van der Waals surface area (Å²) in [4.78, 5) is 18.6. The summed E-state index contributed by atoms with van der Waals surface area (Å²) < 4.78 is 0. The van der Waals surface area contributed by atoms with Crippen molar-refractivity contribution < 1.29 is 4.79 Å². The molecule has 0 radical (unpaired) electrons. The van der Waals surface area contributed by atoms with Crippen molar-refractivity contribution in [2.24, 2.45) is 5.73 Å². The van der Waals surface area contributed by atoms with E-state index in [0.29, 0.717) is 24.7 Å². The standard InChI is InChI=1S/C26H26N4O/c1-17-11-13-30(25-5-3-2-4-24(25)29-17)26(31)20-6-8-22(21(15-20)16-27)18-7-9-23-19(14-18)10-12-28-23/h2-10,12,14-15,17,28-29H,11,13,16,27H2,1H3. The number of nitrogens with one attached hydrogen (secondary N) is 2. The fraction of sp³-hybridized carbons (Fsp3) is 0.192. The van der Waals surface area contributed by atoms with E-state index in [4.69, 9.17) is 5.73 Å². The van der Waals surface area contributed by atoms with Gasteiger partial charge in [-0.1, -0.05) is 24.3 Å². The van der Waals surface area contributed by atoms with Gasteiger partial charge < -0.3 is 20.9 Å². The molecule has 156 valence electrons. The topological polar surface area (TPSA) is 74.2 Å². The summed E-state index contributed by atoms with van der Waals surface area (Å²) in [6.45, 7) is 3.19. The third-order valence-electron chi connectivity index (χ3n) is 6.06. The average molecular weight is 411 g/mol. The Balaban J connectivity index is 1.51. The minimum absolute atomic E-state index is 0.00527. The highest BCUT2D eigenvalue weighted by molar-refractivity contribution is 6.08. The van der Waals surface area contributed by atoms with Crippen molar-refractivity contribution in [3.05, 3.63) is 84.1 Å². The van der Waals surface area contributed by atoms with Gasteiger partial charge in [0.25, 0.3) is 5.91 Å². The van der Waals surface area contributed by atoms with Crippen LogP contribution in [0, 0.1) is 0 Å². The van der Waals surface area contributed by atoms with E-state index in [0.717, 1.165) is 45.4 Å². The number of anilines is 2. The van der Waals surface area contributed by atoms with E-state index < -0.39 is 0 Å². The van der Waals surface area contributed by atoms with E-state index in [1.807, 2.05) is 53.6 Å². The Morgan fingerprint density at radius 1 is 1.10 bits per heavy atom. The predicted octanol–water partition coefficient (Wildman–Crippen LogP) is 5.14. The van der Waals surface area contributed by atoms with E-state index >= 15 is 0 Å². The highest BCUT2D eigenvalue weighted by Gasteiger charge is 2.24. The van der Waals surface area contributed by atoms with Crippen LogP contribution in [-0.4, -0.2) is 23.5 Å². The zero-order valence-electron chi connectivity index (χ0n) is 17.6. The monoisotopic (exact) mass is 410 g/mol. The first-order chi connectivity index (χ1) is 15.1. The molecule has 31 heavy (non-hydrogen) atoms. The minimum atomic E-state index is 0.00527. The van der Waals surface area contributed by atoms with Crippen LogP contribution in [0.3, 0.4) is 0 Å². The maximum Gasteiger partial charge on any atom is 0.258 e. The van der Waals surface area contributed by atoms with Gasteiger partial charge in [0.2, 0.25) is 0 Å². The molecule has 0 bridgehead atoms. The summed E-state index contributed by atoms with van der Waals surface area (Å²) in [5, 5.41) is 4.66. The lowest BCUT2D eigenvalue weighted by Gasteiger charge is -2.23. The lowest BCUT2D eigenvalue weighted by molar-refractivity contribution is 0.0987. The third-order valence-corrected chi connectivity index (χ3v) is 6.06. The van der Waals surface area contributed by atoms with E-state index in [1.165, 1.54) is 0 Å². The molecule has 1 aliphatic heterocycles. The molecule has 4 N–H and O–H groups in total. The van der Waals surface area contributed by atoms with Crippen molar-refractivity contribution in [2.75, 3.05) is 16.8 Å².